The van der Waals surface area contributed by atoms with Gasteiger partial charge in [0.05, 0.1) is 17.9 Å². The van der Waals surface area contributed by atoms with Gasteiger partial charge in [-0.3, -0.25) is 0 Å². The molecule has 1 unspecified atom stereocenters. The molecule has 0 saturated heterocycles. The van der Waals surface area contributed by atoms with Crippen molar-refractivity contribution in [2.24, 2.45) is 0 Å². The van der Waals surface area contributed by atoms with E-state index in [1.54, 1.807) is 6.20 Å². The van der Waals surface area contributed by atoms with E-state index in [-0.39, 0.29) is 0 Å². The van der Waals surface area contributed by atoms with Crippen molar-refractivity contribution in [1.82, 2.24) is 20.7 Å². The molecular formula is C9H18N4. The molecule has 2 N–H and O–H groups in total. The van der Waals surface area contributed by atoms with Gasteiger partial charge in [-0.25, -0.2) is 0 Å². The molecular weight excluding hydrogens is 164 g/mol. The predicted octanol–water partition coefficient (Wildman–Crippen LogP) is 1.65. The Hall–Kier alpha value is -0.900. The van der Waals surface area contributed by atoms with E-state index < -0.39 is 0 Å². The van der Waals surface area contributed by atoms with E-state index in [4.69, 9.17) is 0 Å². The highest BCUT2D eigenvalue weighted by molar-refractivity contribution is 4.98. The molecule has 0 saturated carbocycles. The zero-order valence-electron chi connectivity index (χ0n) is 8.38. The average molecular weight is 182 g/mol. The minimum Gasteiger partial charge on any atom is -0.312 e. The lowest BCUT2D eigenvalue weighted by Crippen LogP contribution is -2.16. The van der Waals surface area contributed by atoms with Crippen LogP contribution in [0.5, 0.6) is 0 Å². The standard InChI is InChI=1S/C9H18N4/c1-3-4-5-6-8(10-2)9-7-11-13-12-9/h7-8,10H,3-6H2,1-2H3,(H,11,12,13). The number of aromatic amines is 1. The largest absolute Gasteiger partial charge is 0.312 e. The second kappa shape index (κ2) is 5.70. The second-order valence-corrected chi connectivity index (χ2v) is 3.23. The molecule has 0 aromatic carbocycles. The first-order chi connectivity index (χ1) is 6.38. The van der Waals surface area contributed by atoms with E-state index in [2.05, 4.69) is 27.7 Å². The fourth-order valence-corrected chi connectivity index (χ4v) is 1.42. The van der Waals surface area contributed by atoms with E-state index in [9.17, 15) is 0 Å². The van der Waals surface area contributed by atoms with Crippen molar-refractivity contribution in [3.05, 3.63) is 11.9 Å². The van der Waals surface area contributed by atoms with Crippen molar-refractivity contribution >= 4 is 0 Å². The van der Waals surface area contributed by atoms with Gasteiger partial charge < -0.3 is 5.32 Å². The van der Waals surface area contributed by atoms with Crippen LogP contribution in [0.3, 0.4) is 0 Å². The Morgan fingerprint density at radius 3 is 2.92 bits per heavy atom. The van der Waals surface area contributed by atoms with Crippen molar-refractivity contribution < 1.29 is 0 Å². The number of nitrogens with zero attached hydrogens (tertiary/aromatic N) is 2. The number of H-pyrrole nitrogens is 1. The number of rotatable bonds is 6. The molecule has 0 radical (unpaired) electrons. The van der Waals surface area contributed by atoms with Crippen LogP contribution in [0, 0.1) is 0 Å². The van der Waals surface area contributed by atoms with Crippen LogP contribution in [0.2, 0.25) is 0 Å². The minimum absolute atomic E-state index is 0.352. The number of aromatic nitrogens is 3. The zero-order chi connectivity index (χ0) is 9.52. The smallest absolute Gasteiger partial charge is 0.0993 e. The van der Waals surface area contributed by atoms with Crippen LogP contribution >= 0.6 is 0 Å². The van der Waals surface area contributed by atoms with Gasteiger partial charge in [0.2, 0.25) is 0 Å². The summed E-state index contributed by atoms with van der Waals surface area (Å²) in [7, 11) is 1.96. The summed E-state index contributed by atoms with van der Waals surface area (Å²) >= 11 is 0. The van der Waals surface area contributed by atoms with Crippen molar-refractivity contribution in [2.45, 2.75) is 38.6 Å². The number of nitrogens with one attached hydrogen (secondary N) is 2. The van der Waals surface area contributed by atoms with Gasteiger partial charge in [0.25, 0.3) is 0 Å². The molecule has 0 bridgehead atoms. The summed E-state index contributed by atoms with van der Waals surface area (Å²) in [5.74, 6) is 0. The van der Waals surface area contributed by atoms with Crippen molar-refractivity contribution in [1.29, 1.82) is 0 Å². The molecule has 1 atom stereocenters. The first-order valence-corrected chi connectivity index (χ1v) is 4.91. The third-order valence-corrected chi connectivity index (χ3v) is 2.24. The number of hydrogen-bond donors (Lipinski definition) is 2. The number of unbranched alkanes of at least 4 members (excludes halogenated alkanes) is 2. The van der Waals surface area contributed by atoms with Crippen LogP contribution in [-0.2, 0) is 0 Å². The average Bonchev–Trinajstić information content (AvgIpc) is 2.65. The van der Waals surface area contributed by atoms with E-state index in [0.717, 1.165) is 12.1 Å². The predicted molar refractivity (Wildman–Crippen MR) is 52.3 cm³/mol. The first-order valence-electron chi connectivity index (χ1n) is 4.91. The molecule has 0 fully saturated rings. The molecule has 0 aliphatic rings. The van der Waals surface area contributed by atoms with Gasteiger partial charge in [0, 0.05) is 0 Å². The summed E-state index contributed by atoms with van der Waals surface area (Å²) in [6.07, 6.45) is 6.71. The summed E-state index contributed by atoms with van der Waals surface area (Å²) in [6, 6.07) is 0.352. The van der Waals surface area contributed by atoms with Gasteiger partial charge in [-0.1, -0.05) is 26.2 Å². The fraction of sp³-hybridized carbons (Fsp3) is 0.778. The van der Waals surface area contributed by atoms with Crippen LogP contribution in [0.15, 0.2) is 6.20 Å². The van der Waals surface area contributed by atoms with Gasteiger partial charge in [-0.05, 0) is 13.5 Å². The molecule has 0 amide bonds. The Labute approximate surface area is 79.1 Å². The minimum atomic E-state index is 0.352. The van der Waals surface area contributed by atoms with Crippen LogP contribution in [0.25, 0.3) is 0 Å². The lowest BCUT2D eigenvalue weighted by atomic mass is 10.1. The monoisotopic (exact) mass is 182 g/mol. The Bertz CT molecular complexity index is 207. The van der Waals surface area contributed by atoms with Gasteiger partial charge in [-0.2, -0.15) is 15.4 Å². The highest BCUT2D eigenvalue weighted by Crippen LogP contribution is 2.15. The third kappa shape index (κ3) is 3.14. The molecule has 13 heavy (non-hydrogen) atoms. The Morgan fingerprint density at radius 2 is 2.38 bits per heavy atom. The van der Waals surface area contributed by atoms with Crippen LogP contribution < -0.4 is 5.32 Å². The maximum Gasteiger partial charge on any atom is 0.0993 e. The van der Waals surface area contributed by atoms with E-state index >= 15 is 0 Å². The summed E-state index contributed by atoms with van der Waals surface area (Å²) in [4.78, 5) is 0. The summed E-state index contributed by atoms with van der Waals surface area (Å²) in [5, 5.41) is 13.7. The number of hydrogen-bond acceptors (Lipinski definition) is 3. The third-order valence-electron chi connectivity index (χ3n) is 2.24. The Kier molecular flexibility index (Phi) is 4.46. The Morgan fingerprint density at radius 1 is 1.54 bits per heavy atom. The molecule has 0 spiro atoms. The molecule has 0 aliphatic carbocycles. The van der Waals surface area contributed by atoms with Crippen LogP contribution in [-0.4, -0.2) is 22.5 Å². The first kappa shape index (κ1) is 10.2. The molecule has 1 heterocycles. The van der Waals surface area contributed by atoms with E-state index in [1.807, 2.05) is 7.05 Å². The summed E-state index contributed by atoms with van der Waals surface area (Å²) in [6.45, 7) is 2.21. The maximum atomic E-state index is 4.07. The van der Waals surface area contributed by atoms with Crippen molar-refractivity contribution in [3.8, 4) is 0 Å². The second-order valence-electron chi connectivity index (χ2n) is 3.23. The molecule has 1 rings (SSSR count). The molecule has 1 aromatic heterocycles. The maximum absolute atomic E-state index is 4.07. The van der Waals surface area contributed by atoms with E-state index in [0.29, 0.717) is 6.04 Å². The van der Waals surface area contributed by atoms with Gasteiger partial charge in [-0.15, -0.1) is 0 Å². The van der Waals surface area contributed by atoms with Gasteiger partial charge in [0.15, 0.2) is 0 Å². The van der Waals surface area contributed by atoms with Crippen molar-refractivity contribution in [2.75, 3.05) is 7.05 Å². The molecule has 4 nitrogen and oxygen atoms in total. The van der Waals surface area contributed by atoms with Crippen LogP contribution in [0.4, 0.5) is 0 Å². The molecule has 4 heteroatoms. The fourth-order valence-electron chi connectivity index (χ4n) is 1.42. The highest BCUT2D eigenvalue weighted by Gasteiger charge is 2.10. The van der Waals surface area contributed by atoms with E-state index in [1.165, 1.54) is 19.3 Å². The topological polar surface area (TPSA) is 53.6 Å². The summed E-state index contributed by atoms with van der Waals surface area (Å²) < 4.78 is 0. The van der Waals surface area contributed by atoms with Gasteiger partial charge in [0.1, 0.15) is 0 Å². The summed E-state index contributed by atoms with van der Waals surface area (Å²) in [5.41, 5.74) is 1.01. The Balaban J connectivity index is 2.35. The lowest BCUT2D eigenvalue weighted by Gasteiger charge is -2.11. The quantitative estimate of drug-likeness (QED) is 0.658. The molecule has 0 aliphatic heterocycles. The zero-order valence-corrected chi connectivity index (χ0v) is 8.38. The SMILES string of the molecule is CCCCCC(NC)c1cn[nH]n1. The highest BCUT2D eigenvalue weighted by atomic mass is 15.3. The lowest BCUT2D eigenvalue weighted by molar-refractivity contribution is 0.501. The molecule has 1 aromatic rings. The van der Waals surface area contributed by atoms with Crippen molar-refractivity contribution in [3.63, 3.8) is 0 Å². The van der Waals surface area contributed by atoms with Gasteiger partial charge >= 0.3 is 0 Å². The normalized spacial score (nSPS) is 13.1. The molecule has 74 valence electrons. The van der Waals surface area contributed by atoms with Crippen LogP contribution in [0.1, 0.15) is 44.3 Å².